The molecule has 92 valence electrons. The molecule has 0 saturated heterocycles. The van der Waals surface area contributed by atoms with Gasteiger partial charge in [-0.05, 0) is 32.0 Å². The zero-order valence-electron chi connectivity index (χ0n) is 10.4. The highest BCUT2D eigenvalue weighted by atomic mass is 16.5. The predicted molar refractivity (Wildman–Crippen MR) is 66.5 cm³/mol. The van der Waals surface area contributed by atoms with E-state index < -0.39 is 0 Å². The molecule has 0 aliphatic heterocycles. The van der Waals surface area contributed by atoms with Gasteiger partial charge in [0.25, 0.3) is 0 Å². The first kappa shape index (κ1) is 13.2. The summed E-state index contributed by atoms with van der Waals surface area (Å²) in [6.07, 6.45) is 0.385. The zero-order chi connectivity index (χ0) is 12.8. The van der Waals surface area contributed by atoms with Crippen LogP contribution in [0.3, 0.4) is 0 Å². The van der Waals surface area contributed by atoms with Crippen LogP contribution in [0.25, 0.3) is 0 Å². The number of ether oxygens (including phenoxy) is 1. The molecule has 4 nitrogen and oxygen atoms in total. The Balaban J connectivity index is 3.06. The van der Waals surface area contributed by atoms with Gasteiger partial charge >= 0.3 is 0 Å². The fourth-order valence-corrected chi connectivity index (χ4v) is 1.37. The van der Waals surface area contributed by atoms with E-state index in [1.807, 2.05) is 6.92 Å². The molecule has 0 aliphatic rings. The van der Waals surface area contributed by atoms with Gasteiger partial charge in [-0.1, -0.05) is 6.92 Å². The maximum atomic E-state index is 11.4. The van der Waals surface area contributed by atoms with Crippen LogP contribution in [0.15, 0.2) is 18.2 Å². The summed E-state index contributed by atoms with van der Waals surface area (Å²) in [4.78, 5) is 22.6. The number of nitrogens with one attached hydrogen (secondary N) is 1. The predicted octanol–water partition coefficient (Wildman–Crippen LogP) is 2.64. The van der Waals surface area contributed by atoms with E-state index in [2.05, 4.69) is 5.32 Å². The van der Waals surface area contributed by atoms with E-state index in [1.54, 1.807) is 25.1 Å². The van der Waals surface area contributed by atoms with Gasteiger partial charge in [-0.3, -0.25) is 9.59 Å². The van der Waals surface area contributed by atoms with Crippen molar-refractivity contribution in [2.24, 2.45) is 0 Å². The number of hydrogen-bond acceptors (Lipinski definition) is 3. The van der Waals surface area contributed by atoms with Gasteiger partial charge in [-0.2, -0.15) is 0 Å². The minimum atomic E-state index is -0.105. The largest absolute Gasteiger partial charge is 0.492 e. The van der Waals surface area contributed by atoms with Crippen LogP contribution in [0, 0.1) is 0 Å². The summed E-state index contributed by atoms with van der Waals surface area (Å²) in [5.41, 5.74) is 1.10. The summed E-state index contributed by atoms with van der Waals surface area (Å²) in [5, 5.41) is 2.72. The highest BCUT2D eigenvalue weighted by molar-refractivity contribution is 5.98. The van der Waals surface area contributed by atoms with Crippen molar-refractivity contribution in [3.8, 4) is 5.75 Å². The Kier molecular flexibility index (Phi) is 4.69. The molecule has 0 aliphatic carbocycles. The highest BCUT2D eigenvalue weighted by Gasteiger charge is 2.09. The number of carbonyl (C=O) groups is 2. The fraction of sp³-hybridized carbons (Fsp3) is 0.385. The van der Waals surface area contributed by atoms with Gasteiger partial charge in [0.1, 0.15) is 5.75 Å². The molecule has 1 rings (SSSR count). The Morgan fingerprint density at radius 3 is 2.53 bits per heavy atom. The normalized spacial score (nSPS) is 9.82. The van der Waals surface area contributed by atoms with Crippen LogP contribution in [-0.2, 0) is 4.79 Å². The Bertz CT molecular complexity index is 427. The molecule has 0 atom stereocenters. The summed E-state index contributed by atoms with van der Waals surface area (Å²) in [6, 6.07) is 5.03. The zero-order valence-corrected chi connectivity index (χ0v) is 10.4. The van der Waals surface area contributed by atoms with E-state index in [4.69, 9.17) is 4.74 Å². The van der Waals surface area contributed by atoms with E-state index in [0.29, 0.717) is 30.0 Å². The molecule has 1 N–H and O–H groups in total. The van der Waals surface area contributed by atoms with Crippen molar-refractivity contribution in [2.75, 3.05) is 11.9 Å². The molecule has 1 aromatic rings. The first-order valence-electron chi connectivity index (χ1n) is 5.66. The molecule has 0 spiro atoms. The van der Waals surface area contributed by atoms with Crippen LogP contribution in [0.5, 0.6) is 5.75 Å². The molecule has 0 saturated carbocycles. The molecule has 0 unspecified atom stereocenters. The average Bonchev–Trinajstić information content (AvgIpc) is 2.31. The molecule has 0 bridgehead atoms. The quantitative estimate of drug-likeness (QED) is 0.798. The van der Waals surface area contributed by atoms with Crippen molar-refractivity contribution in [3.05, 3.63) is 23.8 Å². The number of carbonyl (C=O) groups excluding carboxylic acids is 2. The Morgan fingerprint density at radius 2 is 2.00 bits per heavy atom. The number of ketones is 1. The molecule has 4 heteroatoms. The van der Waals surface area contributed by atoms with Crippen LogP contribution in [0.1, 0.15) is 37.6 Å². The fourth-order valence-electron chi connectivity index (χ4n) is 1.37. The van der Waals surface area contributed by atoms with E-state index >= 15 is 0 Å². The molecule has 1 amide bonds. The third-order valence-electron chi connectivity index (χ3n) is 2.28. The first-order valence-corrected chi connectivity index (χ1v) is 5.66. The smallest absolute Gasteiger partial charge is 0.224 e. The van der Waals surface area contributed by atoms with E-state index in [-0.39, 0.29) is 11.7 Å². The lowest BCUT2D eigenvalue weighted by Gasteiger charge is -2.12. The standard InChI is InChI=1S/C13H17NO3/c1-4-13(16)14-11-8-10(9(3)15)6-7-12(11)17-5-2/h6-8H,4-5H2,1-3H3,(H,14,16). The van der Waals surface area contributed by atoms with Crippen LogP contribution in [0.4, 0.5) is 5.69 Å². The lowest BCUT2D eigenvalue weighted by Crippen LogP contribution is -2.11. The number of anilines is 1. The van der Waals surface area contributed by atoms with Crippen molar-refractivity contribution >= 4 is 17.4 Å². The average molecular weight is 235 g/mol. The van der Waals surface area contributed by atoms with Gasteiger partial charge in [0.2, 0.25) is 5.91 Å². The van der Waals surface area contributed by atoms with E-state index in [0.717, 1.165) is 0 Å². The van der Waals surface area contributed by atoms with Crippen molar-refractivity contribution in [3.63, 3.8) is 0 Å². The lowest BCUT2D eigenvalue weighted by molar-refractivity contribution is -0.115. The van der Waals surface area contributed by atoms with Crippen LogP contribution in [-0.4, -0.2) is 18.3 Å². The molecule has 17 heavy (non-hydrogen) atoms. The summed E-state index contributed by atoms with van der Waals surface area (Å²) in [7, 11) is 0. The molecule has 0 radical (unpaired) electrons. The highest BCUT2D eigenvalue weighted by Crippen LogP contribution is 2.26. The molecule has 0 aromatic heterocycles. The number of amides is 1. The maximum Gasteiger partial charge on any atom is 0.224 e. The van der Waals surface area contributed by atoms with Gasteiger partial charge in [0.05, 0.1) is 12.3 Å². The second-order valence-electron chi connectivity index (χ2n) is 3.60. The molecule has 0 fully saturated rings. The monoisotopic (exact) mass is 235 g/mol. The summed E-state index contributed by atoms with van der Waals surface area (Å²) in [6.45, 7) is 5.63. The summed E-state index contributed by atoms with van der Waals surface area (Å²) in [5.74, 6) is 0.436. The van der Waals surface area contributed by atoms with Crippen LogP contribution >= 0.6 is 0 Å². The van der Waals surface area contributed by atoms with Gasteiger partial charge in [-0.25, -0.2) is 0 Å². The summed E-state index contributed by atoms with van der Waals surface area (Å²) >= 11 is 0. The second-order valence-corrected chi connectivity index (χ2v) is 3.60. The van der Waals surface area contributed by atoms with Crippen molar-refractivity contribution in [2.45, 2.75) is 27.2 Å². The topological polar surface area (TPSA) is 55.4 Å². The third kappa shape index (κ3) is 3.59. The van der Waals surface area contributed by atoms with Gasteiger partial charge < -0.3 is 10.1 Å². The van der Waals surface area contributed by atoms with Crippen molar-refractivity contribution in [1.82, 2.24) is 0 Å². The van der Waals surface area contributed by atoms with E-state index in [9.17, 15) is 9.59 Å². The Hall–Kier alpha value is -1.84. The number of hydrogen-bond donors (Lipinski definition) is 1. The maximum absolute atomic E-state index is 11.4. The number of Topliss-reactive ketones (excluding diaryl/α,β-unsaturated/α-hetero) is 1. The molecule has 1 aromatic carbocycles. The first-order chi connectivity index (χ1) is 8.08. The molecular weight excluding hydrogens is 218 g/mol. The Morgan fingerprint density at radius 1 is 1.29 bits per heavy atom. The van der Waals surface area contributed by atoms with Crippen molar-refractivity contribution < 1.29 is 14.3 Å². The minimum Gasteiger partial charge on any atom is -0.492 e. The van der Waals surface area contributed by atoms with Crippen LogP contribution in [0.2, 0.25) is 0 Å². The number of rotatable bonds is 5. The van der Waals surface area contributed by atoms with Gasteiger partial charge in [-0.15, -0.1) is 0 Å². The molecule has 0 heterocycles. The van der Waals surface area contributed by atoms with E-state index in [1.165, 1.54) is 6.92 Å². The van der Waals surface area contributed by atoms with Gasteiger partial charge in [0, 0.05) is 12.0 Å². The lowest BCUT2D eigenvalue weighted by atomic mass is 10.1. The summed E-state index contributed by atoms with van der Waals surface area (Å²) < 4.78 is 5.39. The van der Waals surface area contributed by atoms with Crippen LogP contribution < -0.4 is 10.1 Å². The number of benzene rings is 1. The second kappa shape index (κ2) is 6.03. The third-order valence-corrected chi connectivity index (χ3v) is 2.28. The van der Waals surface area contributed by atoms with Crippen molar-refractivity contribution in [1.29, 1.82) is 0 Å². The Labute approximate surface area is 101 Å². The van der Waals surface area contributed by atoms with Gasteiger partial charge in [0.15, 0.2) is 5.78 Å². The SMILES string of the molecule is CCOc1ccc(C(C)=O)cc1NC(=O)CC. The molecular formula is C13H17NO3. The minimum absolute atomic E-state index is 0.0416.